The number of hydrogen-bond acceptors (Lipinski definition) is 4. The maximum atomic E-state index is 12.0. The van der Waals surface area contributed by atoms with Crippen molar-refractivity contribution in [2.45, 2.75) is 32.2 Å². The van der Waals surface area contributed by atoms with Gasteiger partial charge < -0.3 is 5.11 Å². The second-order valence-corrected chi connectivity index (χ2v) is 6.12. The summed E-state index contributed by atoms with van der Waals surface area (Å²) in [6.07, 6.45) is 1.11. The number of nitrogens with one attached hydrogen (secondary N) is 1. The molecule has 102 valence electrons. The topological polar surface area (TPSA) is 111 Å². The molecule has 0 spiro atoms. The fraction of sp³-hybridized carbons (Fsp3) is 0.800. The number of piperidine rings is 1. The van der Waals surface area contributed by atoms with Crippen molar-refractivity contribution in [1.29, 1.82) is 5.26 Å². The van der Waals surface area contributed by atoms with E-state index in [1.54, 1.807) is 6.92 Å². The first kappa shape index (κ1) is 14.9. The lowest BCUT2D eigenvalue weighted by molar-refractivity contribution is -0.142. The average Bonchev–Trinajstić information content (AvgIpc) is 2.28. The van der Waals surface area contributed by atoms with E-state index in [4.69, 9.17) is 10.4 Å². The standard InChI is InChI=1S/C10H17N3O4S/c1-8(4-5-11)12-18(16,17)13-6-2-3-9(7-13)10(14)15/h8-9,12H,2-4,6-7H2,1H3,(H,14,15). The number of rotatable bonds is 5. The molecule has 1 aliphatic rings. The monoisotopic (exact) mass is 275 g/mol. The molecular weight excluding hydrogens is 258 g/mol. The summed E-state index contributed by atoms with van der Waals surface area (Å²) in [6.45, 7) is 1.90. The molecule has 0 aliphatic carbocycles. The molecular formula is C10H17N3O4S. The van der Waals surface area contributed by atoms with E-state index in [1.165, 1.54) is 0 Å². The molecule has 0 aromatic heterocycles. The molecule has 0 saturated carbocycles. The van der Waals surface area contributed by atoms with Gasteiger partial charge in [0.15, 0.2) is 0 Å². The third kappa shape index (κ3) is 3.94. The molecule has 0 aromatic rings. The molecule has 0 aromatic carbocycles. The lowest BCUT2D eigenvalue weighted by Gasteiger charge is -2.30. The number of nitriles is 1. The molecule has 1 saturated heterocycles. The summed E-state index contributed by atoms with van der Waals surface area (Å²) in [5.41, 5.74) is 0. The highest BCUT2D eigenvalue weighted by atomic mass is 32.2. The first-order valence-corrected chi connectivity index (χ1v) is 7.18. The second kappa shape index (κ2) is 6.13. The number of hydrogen-bond donors (Lipinski definition) is 2. The molecule has 2 unspecified atom stereocenters. The first-order valence-electron chi connectivity index (χ1n) is 5.74. The number of nitrogens with zero attached hydrogens (tertiary/aromatic N) is 2. The molecule has 0 radical (unpaired) electrons. The number of aliphatic carboxylic acids is 1. The molecule has 7 nitrogen and oxygen atoms in total. The maximum Gasteiger partial charge on any atom is 0.307 e. The lowest BCUT2D eigenvalue weighted by atomic mass is 10.0. The smallest absolute Gasteiger partial charge is 0.307 e. The molecule has 1 heterocycles. The highest BCUT2D eigenvalue weighted by Gasteiger charge is 2.32. The van der Waals surface area contributed by atoms with Gasteiger partial charge in [0, 0.05) is 19.1 Å². The Morgan fingerprint density at radius 3 is 2.89 bits per heavy atom. The Balaban J connectivity index is 2.67. The minimum atomic E-state index is -3.70. The third-order valence-corrected chi connectivity index (χ3v) is 4.53. The quantitative estimate of drug-likeness (QED) is 0.729. The van der Waals surface area contributed by atoms with Crippen molar-refractivity contribution in [2.75, 3.05) is 13.1 Å². The molecule has 1 fully saturated rings. The molecule has 1 rings (SSSR count). The lowest BCUT2D eigenvalue weighted by Crippen LogP contribution is -2.49. The van der Waals surface area contributed by atoms with Crippen LogP contribution in [0.2, 0.25) is 0 Å². The normalized spacial score (nSPS) is 23.2. The van der Waals surface area contributed by atoms with Gasteiger partial charge in [-0.1, -0.05) is 0 Å². The van der Waals surface area contributed by atoms with E-state index in [0.29, 0.717) is 19.4 Å². The van der Waals surface area contributed by atoms with Crippen LogP contribution < -0.4 is 4.72 Å². The van der Waals surface area contributed by atoms with Crippen LogP contribution in [-0.2, 0) is 15.0 Å². The van der Waals surface area contributed by atoms with Crippen molar-refractivity contribution < 1.29 is 18.3 Å². The summed E-state index contributed by atoms with van der Waals surface area (Å²) in [7, 11) is -3.70. The fourth-order valence-corrected chi connectivity index (χ4v) is 3.36. The van der Waals surface area contributed by atoms with Gasteiger partial charge in [0.05, 0.1) is 18.4 Å². The fourth-order valence-electron chi connectivity index (χ4n) is 1.87. The zero-order valence-electron chi connectivity index (χ0n) is 10.2. The van der Waals surface area contributed by atoms with Crippen LogP contribution in [0.1, 0.15) is 26.2 Å². The van der Waals surface area contributed by atoms with Crippen molar-refractivity contribution in [3.8, 4) is 6.07 Å². The van der Waals surface area contributed by atoms with Gasteiger partial charge in [-0.2, -0.15) is 22.7 Å². The highest BCUT2D eigenvalue weighted by molar-refractivity contribution is 7.87. The second-order valence-electron chi connectivity index (χ2n) is 4.42. The van der Waals surface area contributed by atoms with Gasteiger partial charge in [0.1, 0.15) is 0 Å². The predicted octanol–water partition coefficient (Wildman–Crippen LogP) is -0.0804. The van der Waals surface area contributed by atoms with Crippen LogP contribution in [0.4, 0.5) is 0 Å². The third-order valence-electron chi connectivity index (χ3n) is 2.82. The Bertz CT molecular complexity index is 443. The zero-order chi connectivity index (χ0) is 13.8. The van der Waals surface area contributed by atoms with Crippen molar-refractivity contribution in [2.24, 2.45) is 5.92 Å². The van der Waals surface area contributed by atoms with E-state index in [0.717, 1.165) is 4.31 Å². The summed E-state index contributed by atoms with van der Waals surface area (Å²) in [4.78, 5) is 10.9. The van der Waals surface area contributed by atoms with Crippen molar-refractivity contribution >= 4 is 16.2 Å². The van der Waals surface area contributed by atoms with E-state index in [-0.39, 0.29) is 13.0 Å². The van der Waals surface area contributed by atoms with Crippen molar-refractivity contribution in [3.05, 3.63) is 0 Å². The van der Waals surface area contributed by atoms with Crippen LogP contribution in [0.15, 0.2) is 0 Å². The molecule has 0 amide bonds. The van der Waals surface area contributed by atoms with Crippen LogP contribution in [0.3, 0.4) is 0 Å². The van der Waals surface area contributed by atoms with E-state index >= 15 is 0 Å². The van der Waals surface area contributed by atoms with Crippen LogP contribution in [0, 0.1) is 17.2 Å². The number of carbonyl (C=O) groups is 1. The predicted molar refractivity (Wildman–Crippen MR) is 63.7 cm³/mol. The Hall–Kier alpha value is -1.17. The first-order chi connectivity index (χ1) is 8.36. The Morgan fingerprint density at radius 2 is 2.33 bits per heavy atom. The summed E-state index contributed by atoms with van der Waals surface area (Å²) >= 11 is 0. The molecule has 2 N–H and O–H groups in total. The molecule has 0 bridgehead atoms. The minimum absolute atomic E-state index is 0.00998. The summed E-state index contributed by atoms with van der Waals surface area (Å²) < 4.78 is 27.4. The van der Waals surface area contributed by atoms with Crippen LogP contribution in [-0.4, -0.2) is 42.9 Å². The van der Waals surface area contributed by atoms with Crippen molar-refractivity contribution in [3.63, 3.8) is 0 Å². The van der Waals surface area contributed by atoms with E-state index in [9.17, 15) is 13.2 Å². The Labute approximate surface area is 107 Å². The average molecular weight is 275 g/mol. The van der Waals surface area contributed by atoms with E-state index < -0.39 is 28.1 Å². The largest absolute Gasteiger partial charge is 0.481 e. The molecule has 18 heavy (non-hydrogen) atoms. The van der Waals surface area contributed by atoms with E-state index in [1.807, 2.05) is 6.07 Å². The summed E-state index contributed by atoms with van der Waals surface area (Å²) in [5.74, 6) is -1.62. The number of carboxylic acids is 1. The Morgan fingerprint density at radius 1 is 1.67 bits per heavy atom. The van der Waals surface area contributed by atoms with Crippen LogP contribution >= 0.6 is 0 Å². The molecule has 8 heteroatoms. The van der Waals surface area contributed by atoms with Gasteiger partial charge in [-0.25, -0.2) is 0 Å². The summed E-state index contributed by atoms with van der Waals surface area (Å²) in [6, 6.07) is 1.40. The van der Waals surface area contributed by atoms with Gasteiger partial charge in [-0.3, -0.25) is 4.79 Å². The van der Waals surface area contributed by atoms with Crippen LogP contribution in [0.5, 0.6) is 0 Å². The molecule has 1 aliphatic heterocycles. The van der Waals surface area contributed by atoms with E-state index in [2.05, 4.69) is 4.72 Å². The van der Waals surface area contributed by atoms with Crippen LogP contribution in [0.25, 0.3) is 0 Å². The zero-order valence-corrected chi connectivity index (χ0v) is 11.0. The number of carboxylic acid groups (broad SMARTS) is 1. The van der Waals surface area contributed by atoms with Gasteiger partial charge in [-0.05, 0) is 19.8 Å². The Kier molecular flexibility index (Phi) is 5.07. The summed E-state index contributed by atoms with van der Waals surface area (Å²) in [5, 5.41) is 17.4. The highest BCUT2D eigenvalue weighted by Crippen LogP contribution is 2.19. The van der Waals surface area contributed by atoms with Gasteiger partial charge in [0.25, 0.3) is 10.2 Å². The minimum Gasteiger partial charge on any atom is -0.481 e. The maximum absolute atomic E-state index is 12.0. The van der Waals surface area contributed by atoms with Crippen molar-refractivity contribution in [1.82, 2.24) is 9.03 Å². The van der Waals surface area contributed by atoms with Gasteiger partial charge in [-0.15, -0.1) is 0 Å². The SMILES string of the molecule is CC(CC#N)NS(=O)(=O)N1CCCC(C(=O)O)C1. The van der Waals surface area contributed by atoms with Gasteiger partial charge in [0.2, 0.25) is 0 Å². The molecule has 2 atom stereocenters. The van der Waals surface area contributed by atoms with Gasteiger partial charge >= 0.3 is 5.97 Å².